The number of ether oxygens (including phenoxy) is 1. The van der Waals surface area contributed by atoms with Crippen LogP contribution in [0.15, 0.2) is 11.0 Å². The third-order valence-electron chi connectivity index (χ3n) is 2.69. The van der Waals surface area contributed by atoms with Gasteiger partial charge < -0.3 is 15.2 Å². The maximum Gasteiger partial charge on any atom is 0.287 e. The highest BCUT2D eigenvalue weighted by atomic mass is 35.5. The van der Waals surface area contributed by atoms with Gasteiger partial charge >= 0.3 is 0 Å². The summed E-state index contributed by atoms with van der Waals surface area (Å²) >= 11 is 6.03. The normalized spacial score (nSPS) is 12.4. The van der Waals surface area contributed by atoms with Crippen LogP contribution in [0, 0.1) is 0 Å². The Hall–Kier alpha value is -1.11. The molecule has 0 saturated carbocycles. The van der Waals surface area contributed by atoms with Crippen molar-refractivity contribution in [2.75, 3.05) is 25.6 Å². The smallest absolute Gasteiger partial charge is 0.287 e. The van der Waals surface area contributed by atoms with Crippen LogP contribution < -0.4 is 10.9 Å². The number of rotatable bonds is 8. The second-order valence-corrected chi connectivity index (χ2v) is 4.68. The van der Waals surface area contributed by atoms with Crippen molar-refractivity contribution >= 4 is 17.3 Å². The SMILES string of the molecule is COCCn1ncc(NC(C)CCCO)c(Cl)c1=O. The quantitative estimate of drug-likeness (QED) is 0.750. The van der Waals surface area contributed by atoms with Gasteiger partial charge in [0.25, 0.3) is 5.56 Å². The molecule has 0 saturated heterocycles. The minimum Gasteiger partial charge on any atom is -0.396 e. The van der Waals surface area contributed by atoms with Crippen LogP contribution in [0.1, 0.15) is 19.8 Å². The Morgan fingerprint density at radius 1 is 1.63 bits per heavy atom. The number of halogens is 1. The molecule has 1 aromatic heterocycles. The molecule has 19 heavy (non-hydrogen) atoms. The van der Waals surface area contributed by atoms with Crippen molar-refractivity contribution in [1.29, 1.82) is 0 Å². The summed E-state index contributed by atoms with van der Waals surface area (Å²) in [5.74, 6) is 0. The molecule has 0 bridgehead atoms. The zero-order chi connectivity index (χ0) is 14.3. The predicted molar refractivity (Wildman–Crippen MR) is 74.8 cm³/mol. The van der Waals surface area contributed by atoms with Crippen LogP contribution in [0.5, 0.6) is 0 Å². The van der Waals surface area contributed by atoms with Crippen LogP contribution in [0.2, 0.25) is 5.02 Å². The molecule has 0 aliphatic heterocycles. The summed E-state index contributed by atoms with van der Waals surface area (Å²) in [5.41, 5.74) is 0.184. The summed E-state index contributed by atoms with van der Waals surface area (Å²) in [6.45, 7) is 2.89. The molecule has 0 aromatic carbocycles. The molecule has 2 N–H and O–H groups in total. The lowest BCUT2D eigenvalue weighted by molar-refractivity contribution is 0.182. The fourth-order valence-corrected chi connectivity index (χ4v) is 1.84. The van der Waals surface area contributed by atoms with Crippen LogP contribution in [0.25, 0.3) is 0 Å². The zero-order valence-corrected chi connectivity index (χ0v) is 12.0. The third-order valence-corrected chi connectivity index (χ3v) is 3.05. The highest BCUT2D eigenvalue weighted by Gasteiger charge is 2.11. The number of aromatic nitrogens is 2. The lowest BCUT2D eigenvalue weighted by Crippen LogP contribution is -2.27. The topological polar surface area (TPSA) is 76.4 Å². The Bertz CT molecular complexity index is 450. The van der Waals surface area contributed by atoms with E-state index in [1.54, 1.807) is 7.11 Å². The number of aliphatic hydroxyl groups excluding tert-OH is 1. The first-order chi connectivity index (χ1) is 9.10. The Labute approximate surface area is 117 Å². The molecule has 108 valence electrons. The second kappa shape index (κ2) is 8.14. The lowest BCUT2D eigenvalue weighted by atomic mass is 10.2. The molecule has 0 spiro atoms. The fraction of sp³-hybridized carbons (Fsp3) is 0.667. The average molecular weight is 290 g/mol. The first-order valence-corrected chi connectivity index (χ1v) is 6.60. The molecule has 1 heterocycles. The summed E-state index contributed by atoms with van der Waals surface area (Å²) in [5, 5.41) is 16.1. The summed E-state index contributed by atoms with van der Waals surface area (Å²) in [4.78, 5) is 11.9. The monoisotopic (exact) mass is 289 g/mol. The Balaban J connectivity index is 2.75. The van der Waals surface area contributed by atoms with Crippen molar-refractivity contribution in [3.63, 3.8) is 0 Å². The van der Waals surface area contributed by atoms with Gasteiger partial charge in [-0.2, -0.15) is 5.10 Å². The van der Waals surface area contributed by atoms with Crippen molar-refractivity contribution in [2.45, 2.75) is 32.4 Å². The molecule has 1 unspecified atom stereocenters. The predicted octanol–water partition coefficient (Wildman–Crippen LogP) is 1.12. The standard InChI is InChI=1S/C12H20ClN3O3/c1-9(4-3-6-17)15-10-8-14-16(5-7-19-2)12(18)11(10)13/h8-9,15,17H,3-7H2,1-2H3. The van der Waals surface area contributed by atoms with Gasteiger partial charge in [-0.3, -0.25) is 4.79 Å². The van der Waals surface area contributed by atoms with Gasteiger partial charge in [0.05, 0.1) is 25.0 Å². The first kappa shape index (κ1) is 15.9. The molecule has 1 aromatic rings. The van der Waals surface area contributed by atoms with Crippen LogP contribution in [-0.4, -0.2) is 41.3 Å². The van der Waals surface area contributed by atoms with Crippen LogP contribution in [0.3, 0.4) is 0 Å². The molecule has 0 fully saturated rings. The number of nitrogens with one attached hydrogen (secondary N) is 1. The van der Waals surface area contributed by atoms with E-state index in [4.69, 9.17) is 21.4 Å². The zero-order valence-electron chi connectivity index (χ0n) is 11.2. The minimum absolute atomic E-state index is 0.112. The van der Waals surface area contributed by atoms with Gasteiger partial charge in [0.1, 0.15) is 5.02 Å². The van der Waals surface area contributed by atoms with Crippen LogP contribution in [0.4, 0.5) is 5.69 Å². The molecule has 6 nitrogen and oxygen atoms in total. The maximum absolute atomic E-state index is 11.9. The van der Waals surface area contributed by atoms with Gasteiger partial charge in [-0.25, -0.2) is 4.68 Å². The largest absolute Gasteiger partial charge is 0.396 e. The molecule has 0 aliphatic rings. The van der Waals surface area contributed by atoms with Gasteiger partial charge in [0.2, 0.25) is 0 Å². The summed E-state index contributed by atoms with van der Waals surface area (Å²) < 4.78 is 6.17. The van der Waals surface area contributed by atoms with E-state index in [9.17, 15) is 4.79 Å². The molecular weight excluding hydrogens is 270 g/mol. The van der Waals surface area contributed by atoms with Crippen molar-refractivity contribution in [2.24, 2.45) is 0 Å². The lowest BCUT2D eigenvalue weighted by Gasteiger charge is -2.15. The molecule has 0 radical (unpaired) electrons. The van der Waals surface area contributed by atoms with E-state index in [0.29, 0.717) is 25.3 Å². The summed E-state index contributed by atoms with van der Waals surface area (Å²) in [6.07, 6.45) is 3.03. The highest BCUT2D eigenvalue weighted by molar-refractivity contribution is 6.32. The molecule has 0 amide bonds. The Kier molecular flexibility index (Phi) is 6.83. The van der Waals surface area contributed by atoms with Gasteiger partial charge in [-0.15, -0.1) is 0 Å². The first-order valence-electron chi connectivity index (χ1n) is 6.22. The van der Waals surface area contributed by atoms with E-state index >= 15 is 0 Å². The van der Waals surface area contributed by atoms with Crippen molar-refractivity contribution in [3.05, 3.63) is 21.6 Å². The number of hydrogen-bond acceptors (Lipinski definition) is 5. The summed E-state index contributed by atoms with van der Waals surface area (Å²) in [7, 11) is 1.56. The molecule has 1 atom stereocenters. The number of nitrogens with zero attached hydrogens (tertiary/aromatic N) is 2. The van der Waals surface area contributed by atoms with E-state index in [1.165, 1.54) is 10.9 Å². The molecule has 7 heteroatoms. The van der Waals surface area contributed by atoms with Gasteiger partial charge in [0, 0.05) is 19.8 Å². The molecular formula is C12H20ClN3O3. The number of aliphatic hydroxyl groups is 1. The Morgan fingerprint density at radius 2 is 2.37 bits per heavy atom. The number of hydrogen-bond donors (Lipinski definition) is 2. The highest BCUT2D eigenvalue weighted by Crippen LogP contribution is 2.17. The van der Waals surface area contributed by atoms with Gasteiger partial charge in [-0.1, -0.05) is 11.6 Å². The van der Waals surface area contributed by atoms with E-state index in [2.05, 4.69) is 10.4 Å². The van der Waals surface area contributed by atoms with Crippen molar-refractivity contribution < 1.29 is 9.84 Å². The summed E-state index contributed by atoms with van der Waals surface area (Å²) in [6, 6.07) is 0.112. The number of anilines is 1. The number of methoxy groups -OCH3 is 1. The van der Waals surface area contributed by atoms with E-state index < -0.39 is 0 Å². The maximum atomic E-state index is 11.9. The van der Waals surface area contributed by atoms with Crippen molar-refractivity contribution in [3.8, 4) is 0 Å². The molecule has 1 rings (SSSR count). The van der Waals surface area contributed by atoms with Crippen LogP contribution >= 0.6 is 11.6 Å². The molecule has 0 aliphatic carbocycles. The van der Waals surface area contributed by atoms with E-state index in [-0.39, 0.29) is 23.2 Å². The van der Waals surface area contributed by atoms with Crippen LogP contribution in [-0.2, 0) is 11.3 Å². The second-order valence-electron chi connectivity index (χ2n) is 4.30. The van der Waals surface area contributed by atoms with E-state index in [1.807, 2.05) is 6.92 Å². The van der Waals surface area contributed by atoms with Crippen molar-refractivity contribution in [1.82, 2.24) is 9.78 Å². The van der Waals surface area contributed by atoms with E-state index in [0.717, 1.165) is 6.42 Å². The van der Waals surface area contributed by atoms with Gasteiger partial charge in [-0.05, 0) is 19.8 Å². The average Bonchev–Trinajstić information content (AvgIpc) is 2.41. The minimum atomic E-state index is -0.335. The van der Waals surface area contributed by atoms with Gasteiger partial charge in [0.15, 0.2) is 0 Å². The fourth-order valence-electron chi connectivity index (χ4n) is 1.64. The Morgan fingerprint density at radius 3 is 3.00 bits per heavy atom. The third kappa shape index (κ3) is 4.81.